The molecule has 0 unspecified atom stereocenters. The highest BCUT2D eigenvalue weighted by molar-refractivity contribution is 6.58. The van der Waals surface area contributed by atoms with Crippen LogP contribution in [0.3, 0.4) is 0 Å². The van der Waals surface area contributed by atoms with Crippen LogP contribution < -0.4 is 4.74 Å². The molecule has 1 saturated carbocycles. The third-order valence-electron chi connectivity index (χ3n) is 7.96. The van der Waals surface area contributed by atoms with E-state index < -0.39 is 11.9 Å². The lowest BCUT2D eigenvalue weighted by Gasteiger charge is -2.30. The first-order chi connectivity index (χ1) is 15.5. The Labute approximate surface area is 194 Å². The van der Waals surface area contributed by atoms with Crippen molar-refractivity contribution in [2.45, 2.75) is 108 Å². The number of unbranched alkanes of at least 4 members (excludes halogenated alkanes) is 2. The van der Waals surface area contributed by atoms with Gasteiger partial charge in [-0.3, -0.25) is 0 Å². The zero-order valence-corrected chi connectivity index (χ0v) is 20.9. The van der Waals surface area contributed by atoms with E-state index in [2.05, 4.69) is 6.92 Å². The third kappa shape index (κ3) is 8.28. The second kappa shape index (κ2) is 13.5. The Kier molecular flexibility index (Phi) is 10.7. The molecule has 1 saturated heterocycles. The lowest BCUT2D eigenvalue weighted by atomic mass is 9.77. The van der Waals surface area contributed by atoms with Crippen LogP contribution in [0.1, 0.15) is 95.5 Å². The molecule has 3 rings (SSSR count). The summed E-state index contributed by atoms with van der Waals surface area (Å²) in [6, 6.07) is 9.55. The molecule has 1 nitrogen and oxygen atoms in total. The van der Waals surface area contributed by atoms with Gasteiger partial charge in [0.15, 0.2) is 17.8 Å². The Bertz CT molecular complexity index is 703. The van der Waals surface area contributed by atoms with Crippen LogP contribution in [0.15, 0.2) is 30.5 Å². The summed E-state index contributed by atoms with van der Waals surface area (Å²) >= 11 is 0. The quantitative estimate of drug-likeness (QED) is 0.179. The predicted octanol–water partition coefficient (Wildman–Crippen LogP) is 9.21. The maximum Gasteiger partial charge on any atom is 0.305 e. The molecule has 180 valence electrons. The molecule has 0 radical (unpaired) electrons. The molecule has 1 aliphatic carbocycles. The Morgan fingerprint density at radius 3 is 2.22 bits per heavy atom. The second-order valence-electron chi connectivity index (χ2n) is 10.2. The maximum absolute atomic E-state index is 14.2. The van der Waals surface area contributed by atoms with E-state index in [1.54, 1.807) is 18.1 Å². The molecule has 1 aromatic carbocycles. The second-order valence-corrected chi connectivity index (χ2v) is 13.7. The van der Waals surface area contributed by atoms with Crippen molar-refractivity contribution in [3.63, 3.8) is 0 Å². The van der Waals surface area contributed by atoms with Crippen molar-refractivity contribution in [3.05, 3.63) is 41.9 Å². The molecule has 32 heavy (non-hydrogen) atoms. The van der Waals surface area contributed by atoms with Gasteiger partial charge >= 0.3 is 6.08 Å². The van der Waals surface area contributed by atoms with Crippen molar-refractivity contribution < 1.29 is 17.9 Å². The van der Waals surface area contributed by atoms with Crippen LogP contribution in [0, 0.1) is 17.7 Å². The molecule has 0 atom stereocenters. The fourth-order valence-corrected chi connectivity index (χ4v) is 9.66. The number of ether oxygens (including phenoxy) is 1. The van der Waals surface area contributed by atoms with Crippen LogP contribution in [0.25, 0.3) is 0 Å². The van der Waals surface area contributed by atoms with Gasteiger partial charge in [-0.2, -0.15) is 8.78 Å². The summed E-state index contributed by atoms with van der Waals surface area (Å²) in [5.74, 6) is 1.48. The molecule has 0 N–H and O–H groups in total. The van der Waals surface area contributed by atoms with Gasteiger partial charge in [-0.15, -0.1) is 0 Å². The van der Waals surface area contributed by atoms with Gasteiger partial charge in [0, 0.05) is 8.80 Å². The summed E-state index contributed by atoms with van der Waals surface area (Å²) in [5.41, 5.74) is 0.969. The van der Waals surface area contributed by atoms with Crippen LogP contribution in [0.5, 0.6) is 5.75 Å². The largest absolute Gasteiger partial charge is 0.456 e. The van der Waals surface area contributed by atoms with Crippen molar-refractivity contribution in [3.8, 4) is 5.75 Å². The van der Waals surface area contributed by atoms with E-state index in [4.69, 9.17) is 4.74 Å². The molecule has 2 fully saturated rings. The van der Waals surface area contributed by atoms with Gasteiger partial charge in [0.05, 0.1) is 0 Å². The Hall–Kier alpha value is -1.23. The van der Waals surface area contributed by atoms with E-state index in [9.17, 15) is 13.2 Å². The van der Waals surface area contributed by atoms with Gasteiger partial charge in [-0.05, 0) is 61.1 Å². The van der Waals surface area contributed by atoms with E-state index >= 15 is 0 Å². The monoisotopic (exact) mass is 466 g/mol. The minimum Gasteiger partial charge on any atom is -0.456 e. The number of benzene rings is 1. The molecule has 0 bridgehead atoms. The van der Waals surface area contributed by atoms with Gasteiger partial charge in [0.1, 0.15) is 0 Å². The Morgan fingerprint density at radius 1 is 0.969 bits per heavy atom. The summed E-state index contributed by atoms with van der Waals surface area (Å²) in [4.78, 5) is 0. The molecular formula is C27H41F3OSi. The summed E-state index contributed by atoms with van der Waals surface area (Å²) in [6.07, 6.45) is 14.4. The molecule has 1 aliphatic heterocycles. The average molecular weight is 467 g/mol. The first-order valence-electron chi connectivity index (χ1n) is 13.0. The van der Waals surface area contributed by atoms with Crippen LogP contribution >= 0.6 is 0 Å². The molecule has 0 amide bonds. The fraction of sp³-hybridized carbons (Fsp3) is 0.704. The highest BCUT2D eigenvalue weighted by Gasteiger charge is 2.24. The molecule has 5 heteroatoms. The van der Waals surface area contributed by atoms with Gasteiger partial charge in [0.25, 0.3) is 0 Å². The molecular weight excluding hydrogens is 425 g/mol. The smallest absolute Gasteiger partial charge is 0.305 e. The summed E-state index contributed by atoms with van der Waals surface area (Å²) in [6.45, 7) is 2.32. The van der Waals surface area contributed by atoms with E-state index in [1.807, 2.05) is 6.07 Å². The molecule has 0 spiro atoms. The maximum atomic E-state index is 14.2. The van der Waals surface area contributed by atoms with E-state index in [0.29, 0.717) is 5.92 Å². The topological polar surface area (TPSA) is 9.23 Å². The molecule has 0 aromatic heterocycles. The zero-order valence-electron chi connectivity index (χ0n) is 19.8. The highest BCUT2D eigenvalue weighted by Crippen LogP contribution is 2.39. The average Bonchev–Trinajstić information content (AvgIpc) is 2.81. The number of hydrogen-bond acceptors (Lipinski definition) is 1. The van der Waals surface area contributed by atoms with Crippen LogP contribution in [0.2, 0.25) is 18.1 Å². The molecule has 1 aromatic rings. The normalized spacial score (nSPS) is 26.0. The molecule has 1 heterocycles. The highest BCUT2D eigenvalue weighted by atomic mass is 28.3. The van der Waals surface area contributed by atoms with Gasteiger partial charge in [-0.25, -0.2) is 4.39 Å². The number of rotatable bonds is 11. The zero-order chi connectivity index (χ0) is 22.8. The first-order valence-corrected chi connectivity index (χ1v) is 15.5. The van der Waals surface area contributed by atoms with Gasteiger partial charge < -0.3 is 4.74 Å². The fourth-order valence-electron chi connectivity index (χ4n) is 5.93. The van der Waals surface area contributed by atoms with Crippen molar-refractivity contribution in [1.82, 2.24) is 0 Å². The van der Waals surface area contributed by atoms with Crippen molar-refractivity contribution in [2.24, 2.45) is 11.8 Å². The summed E-state index contributed by atoms with van der Waals surface area (Å²) < 4.78 is 43.1. The van der Waals surface area contributed by atoms with Crippen molar-refractivity contribution >= 4 is 8.80 Å². The minimum absolute atomic E-state index is 0.146. The van der Waals surface area contributed by atoms with Gasteiger partial charge in [-0.1, -0.05) is 82.5 Å². The standard InChI is InChI=1S/C27H41F3OSi/c1-2-3-16-32-17-14-22(15-18-32)7-5-4-6-21-8-10-23(11-9-21)24-12-13-26(25(28)19-24)31-20-27(29)30/h12-13,19-23,32H,2-11,14-18H2,1H3/t21-,22?,23-,32?. The minimum atomic E-state index is -1.97. The third-order valence-corrected chi connectivity index (χ3v) is 11.5. The van der Waals surface area contributed by atoms with Gasteiger partial charge in [0.2, 0.25) is 0 Å². The van der Waals surface area contributed by atoms with Crippen molar-refractivity contribution in [1.29, 1.82) is 0 Å². The lowest BCUT2D eigenvalue weighted by molar-refractivity contribution is 0.296. The number of halogens is 3. The van der Waals surface area contributed by atoms with Crippen molar-refractivity contribution in [2.75, 3.05) is 0 Å². The van der Waals surface area contributed by atoms with Crippen LogP contribution in [0.4, 0.5) is 13.2 Å². The summed E-state index contributed by atoms with van der Waals surface area (Å²) in [7, 11) is -0.356. The predicted molar refractivity (Wildman–Crippen MR) is 130 cm³/mol. The number of hydrogen-bond donors (Lipinski definition) is 0. The Morgan fingerprint density at radius 2 is 1.62 bits per heavy atom. The SMILES string of the molecule is CCCC[SiH]1CCC(CCCC[C@H]2CC[C@H](c3ccc(OC=C(F)F)c(F)c3)CC2)CC1. The van der Waals surface area contributed by atoms with E-state index in [-0.39, 0.29) is 20.8 Å². The van der Waals surface area contributed by atoms with Crippen LogP contribution in [-0.4, -0.2) is 8.80 Å². The molecule has 2 aliphatic rings. The first kappa shape index (κ1) is 25.4. The van der Waals surface area contributed by atoms with E-state index in [0.717, 1.165) is 30.2 Å². The summed E-state index contributed by atoms with van der Waals surface area (Å²) in [5, 5.41) is 0. The lowest BCUT2D eigenvalue weighted by Crippen LogP contribution is -2.21. The Balaban J connectivity index is 1.30. The van der Waals surface area contributed by atoms with Crippen LogP contribution in [-0.2, 0) is 0 Å². The van der Waals surface area contributed by atoms with E-state index in [1.165, 1.54) is 76.3 Å².